The van der Waals surface area contributed by atoms with Crippen molar-refractivity contribution in [2.24, 2.45) is 0 Å². The molecule has 0 aliphatic rings. The van der Waals surface area contributed by atoms with Crippen molar-refractivity contribution < 1.29 is 4.42 Å². The monoisotopic (exact) mass is 419 g/mol. The van der Waals surface area contributed by atoms with E-state index in [0.29, 0.717) is 5.56 Å². The average molecular weight is 419 g/mol. The smallest absolute Gasteiger partial charge is 0.135 e. The van der Waals surface area contributed by atoms with E-state index in [2.05, 4.69) is 84.9 Å². The number of benzene rings is 6. The third kappa shape index (κ3) is 2.60. The highest BCUT2D eigenvalue weighted by Gasteiger charge is 2.13. The lowest BCUT2D eigenvalue weighted by molar-refractivity contribution is 0.669. The highest BCUT2D eigenvalue weighted by molar-refractivity contribution is 6.21. The summed E-state index contributed by atoms with van der Waals surface area (Å²) < 4.78 is 6.05. The fraction of sp³-hybridized carbons (Fsp3) is 0. The zero-order valence-corrected chi connectivity index (χ0v) is 17.7. The van der Waals surface area contributed by atoms with Gasteiger partial charge in [-0.25, -0.2) is 0 Å². The number of rotatable bonds is 1. The van der Waals surface area contributed by atoms with Crippen molar-refractivity contribution in [3.63, 3.8) is 0 Å². The Morgan fingerprint density at radius 2 is 1.21 bits per heavy atom. The lowest BCUT2D eigenvalue weighted by Crippen LogP contribution is -1.86. The zero-order chi connectivity index (χ0) is 21.9. The first-order valence-corrected chi connectivity index (χ1v) is 11.0. The molecule has 0 radical (unpaired) electrons. The van der Waals surface area contributed by atoms with Gasteiger partial charge in [0.05, 0.1) is 11.6 Å². The van der Waals surface area contributed by atoms with Gasteiger partial charge >= 0.3 is 0 Å². The Kier molecular flexibility index (Phi) is 3.65. The Morgan fingerprint density at radius 1 is 0.515 bits per heavy atom. The molecule has 2 nitrogen and oxygen atoms in total. The molecule has 0 unspecified atom stereocenters. The van der Waals surface area contributed by atoms with E-state index in [-0.39, 0.29) is 0 Å². The Labute approximate surface area is 189 Å². The van der Waals surface area contributed by atoms with Crippen LogP contribution in [0.5, 0.6) is 0 Å². The summed E-state index contributed by atoms with van der Waals surface area (Å²) in [6.07, 6.45) is 0. The molecule has 7 rings (SSSR count). The van der Waals surface area contributed by atoms with E-state index < -0.39 is 0 Å². The third-order valence-electron chi connectivity index (χ3n) is 6.68. The van der Waals surface area contributed by atoms with Crippen LogP contribution in [-0.4, -0.2) is 0 Å². The van der Waals surface area contributed by atoms with Crippen LogP contribution in [0.25, 0.3) is 65.4 Å². The van der Waals surface area contributed by atoms with Crippen LogP contribution in [-0.2, 0) is 0 Å². The molecule has 0 saturated carbocycles. The van der Waals surface area contributed by atoms with Gasteiger partial charge in [-0.05, 0) is 79.8 Å². The minimum absolute atomic E-state index is 0.637. The molecular weight excluding hydrogens is 402 g/mol. The molecule has 0 bridgehead atoms. The van der Waals surface area contributed by atoms with Crippen molar-refractivity contribution >= 4 is 54.3 Å². The number of hydrogen-bond acceptors (Lipinski definition) is 2. The summed E-state index contributed by atoms with van der Waals surface area (Å²) in [6.45, 7) is 0. The summed E-state index contributed by atoms with van der Waals surface area (Å²) in [4.78, 5) is 0. The fourth-order valence-electron chi connectivity index (χ4n) is 5.11. The lowest BCUT2D eigenvalue weighted by atomic mass is 9.90. The number of furan rings is 1. The van der Waals surface area contributed by atoms with E-state index >= 15 is 0 Å². The third-order valence-corrected chi connectivity index (χ3v) is 6.68. The van der Waals surface area contributed by atoms with E-state index in [9.17, 15) is 5.26 Å². The van der Waals surface area contributed by atoms with Crippen molar-refractivity contribution in [2.45, 2.75) is 0 Å². The largest absolute Gasteiger partial charge is 0.456 e. The van der Waals surface area contributed by atoms with Gasteiger partial charge in [0.25, 0.3) is 0 Å². The molecule has 1 heterocycles. The average Bonchev–Trinajstić information content (AvgIpc) is 3.25. The summed E-state index contributed by atoms with van der Waals surface area (Å²) in [5, 5.41) is 18.9. The predicted molar refractivity (Wildman–Crippen MR) is 136 cm³/mol. The lowest BCUT2D eigenvalue weighted by Gasteiger charge is -2.13. The van der Waals surface area contributed by atoms with Crippen molar-refractivity contribution in [1.82, 2.24) is 0 Å². The van der Waals surface area contributed by atoms with Crippen molar-refractivity contribution in [1.29, 1.82) is 5.26 Å². The van der Waals surface area contributed by atoms with Crippen LogP contribution in [0.4, 0.5) is 0 Å². The van der Waals surface area contributed by atoms with Gasteiger partial charge in [-0.15, -0.1) is 0 Å². The second-order valence-corrected chi connectivity index (χ2v) is 8.49. The number of nitriles is 1. The van der Waals surface area contributed by atoms with Crippen LogP contribution in [0, 0.1) is 11.3 Å². The molecule has 0 aliphatic heterocycles. The maximum Gasteiger partial charge on any atom is 0.135 e. The zero-order valence-electron chi connectivity index (χ0n) is 17.7. The first-order chi connectivity index (χ1) is 16.3. The van der Waals surface area contributed by atoms with Crippen molar-refractivity contribution in [3.05, 3.63) is 109 Å². The molecule has 1 aromatic heterocycles. The van der Waals surface area contributed by atoms with Crippen molar-refractivity contribution in [3.8, 4) is 17.2 Å². The van der Waals surface area contributed by atoms with Crippen LogP contribution in [0.1, 0.15) is 5.56 Å². The molecule has 152 valence electrons. The highest BCUT2D eigenvalue weighted by Crippen LogP contribution is 2.40. The van der Waals surface area contributed by atoms with Gasteiger partial charge in [0.15, 0.2) is 0 Å². The first-order valence-electron chi connectivity index (χ1n) is 11.0. The molecule has 2 heteroatoms. The van der Waals surface area contributed by atoms with Crippen LogP contribution in [0.2, 0.25) is 0 Å². The standard InChI is InChI=1S/C31H17NO/c32-18-19-9-13-30-28(15-19)29-16-21(11-14-31(29)33-30)26-17-27-22-6-2-1-5-20(22)10-12-25(27)23-7-3-4-8-24(23)26/h1-17H. The summed E-state index contributed by atoms with van der Waals surface area (Å²) in [6, 6.07) is 38.1. The normalized spacial score (nSPS) is 11.6. The molecule has 0 saturated heterocycles. The molecular formula is C31H17NO. The van der Waals surface area contributed by atoms with Gasteiger partial charge in [-0.3, -0.25) is 0 Å². The molecule has 0 amide bonds. The molecule has 33 heavy (non-hydrogen) atoms. The maximum atomic E-state index is 9.36. The van der Waals surface area contributed by atoms with Crippen LogP contribution < -0.4 is 0 Å². The minimum atomic E-state index is 0.637. The summed E-state index contributed by atoms with van der Waals surface area (Å²) in [5.74, 6) is 0. The van der Waals surface area contributed by atoms with Gasteiger partial charge in [0.1, 0.15) is 11.2 Å². The van der Waals surface area contributed by atoms with E-state index in [4.69, 9.17) is 4.42 Å². The molecule has 6 aromatic carbocycles. The Hall–Kier alpha value is -4.61. The number of nitrogens with zero attached hydrogens (tertiary/aromatic N) is 1. The summed E-state index contributed by atoms with van der Waals surface area (Å²) >= 11 is 0. The van der Waals surface area contributed by atoms with Gasteiger partial charge in [0.2, 0.25) is 0 Å². The SMILES string of the molecule is N#Cc1ccc2oc3ccc(-c4cc5c6ccccc6ccc5c5ccccc45)cc3c2c1. The van der Waals surface area contributed by atoms with Crippen molar-refractivity contribution in [2.75, 3.05) is 0 Å². The Bertz CT molecular complexity index is 1930. The Balaban J connectivity index is 1.60. The molecule has 7 aromatic rings. The Morgan fingerprint density at radius 3 is 2.06 bits per heavy atom. The highest BCUT2D eigenvalue weighted by atomic mass is 16.3. The van der Waals surface area contributed by atoms with E-state index in [0.717, 1.165) is 27.5 Å². The van der Waals surface area contributed by atoms with Crippen LogP contribution in [0.3, 0.4) is 0 Å². The summed E-state index contributed by atoms with van der Waals surface area (Å²) in [7, 11) is 0. The first kappa shape index (κ1) is 18.0. The number of hydrogen-bond donors (Lipinski definition) is 0. The second-order valence-electron chi connectivity index (χ2n) is 8.49. The molecule has 0 spiro atoms. The van der Waals surface area contributed by atoms with E-state index in [1.54, 1.807) is 6.07 Å². The molecule has 0 fully saturated rings. The fourth-order valence-corrected chi connectivity index (χ4v) is 5.11. The van der Waals surface area contributed by atoms with E-state index in [1.165, 1.54) is 37.9 Å². The second kappa shape index (κ2) is 6.69. The van der Waals surface area contributed by atoms with Crippen LogP contribution >= 0.6 is 0 Å². The molecule has 0 atom stereocenters. The minimum Gasteiger partial charge on any atom is -0.456 e. The van der Waals surface area contributed by atoms with Gasteiger partial charge in [0, 0.05) is 10.8 Å². The van der Waals surface area contributed by atoms with Gasteiger partial charge in [-0.2, -0.15) is 5.26 Å². The quantitative estimate of drug-likeness (QED) is 0.250. The number of fused-ring (bicyclic) bond motifs is 8. The predicted octanol–water partition coefficient (Wildman–Crippen LogP) is 8.58. The molecule has 0 aliphatic carbocycles. The van der Waals surface area contributed by atoms with E-state index in [1.807, 2.05) is 18.2 Å². The summed E-state index contributed by atoms with van der Waals surface area (Å²) in [5.41, 5.74) is 4.61. The topological polar surface area (TPSA) is 36.9 Å². The van der Waals surface area contributed by atoms with Gasteiger partial charge < -0.3 is 4.42 Å². The maximum absolute atomic E-state index is 9.36. The molecule has 0 N–H and O–H groups in total. The van der Waals surface area contributed by atoms with Gasteiger partial charge in [-0.1, -0.05) is 66.7 Å². The van der Waals surface area contributed by atoms with Crippen LogP contribution in [0.15, 0.2) is 108 Å².